The lowest BCUT2D eigenvalue weighted by molar-refractivity contribution is -0.544. The zero-order chi connectivity index (χ0) is 29.9. The molecule has 0 aliphatic carbocycles. The number of aliphatic carboxylic acids is 1. The molecule has 1 rings (SSSR count). The predicted molar refractivity (Wildman–Crippen MR) is 153 cm³/mol. The average Bonchev–Trinajstić information content (AvgIpc) is 2.82. The summed E-state index contributed by atoms with van der Waals surface area (Å²) >= 11 is 1.75. The fourth-order valence-corrected chi connectivity index (χ4v) is 4.46. The van der Waals surface area contributed by atoms with Crippen LogP contribution in [0.2, 0.25) is 0 Å². The van der Waals surface area contributed by atoms with E-state index >= 15 is 0 Å². The SMILES string of the molecule is CC(C)C[C@H](NC(=O)[C@H](CC(C)C)NC(=O)[C@@H](NC(=O)Cc1ccccc1)C([N+](=O)[O-])C(C)(O)CI)C(=O)O. The molecule has 0 saturated heterocycles. The first-order chi connectivity index (χ1) is 18.1. The molecule has 1 aromatic carbocycles. The molecule has 0 radical (unpaired) electrons. The third kappa shape index (κ3) is 11.4. The third-order valence-corrected chi connectivity index (χ3v) is 7.46. The lowest BCUT2D eigenvalue weighted by Crippen LogP contribution is -2.65. The van der Waals surface area contributed by atoms with Gasteiger partial charge in [0.1, 0.15) is 17.7 Å². The number of nitrogens with one attached hydrogen (secondary N) is 3. The fourth-order valence-electron chi connectivity index (χ4n) is 4.01. The molecule has 0 spiro atoms. The minimum Gasteiger partial charge on any atom is -0.480 e. The van der Waals surface area contributed by atoms with Crippen molar-refractivity contribution >= 4 is 46.3 Å². The molecule has 0 saturated carbocycles. The van der Waals surface area contributed by atoms with E-state index < -0.39 is 58.4 Å². The highest BCUT2D eigenvalue weighted by molar-refractivity contribution is 14.1. The van der Waals surface area contributed by atoms with Crippen molar-refractivity contribution in [3.63, 3.8) is 0 Å². The molecular weight excluding hydrogens is 623 g/mol. The summed E-state index contributed by atoms with van der Waals surface area (Å²) in [6.07, 6.45) is 0.0818. The molecule has 218 valence electrons. The monoisotopic (exact) mass is 662 g/mol. The number of hydrogen-bond acceptors (Lipinski definition) is 7. The van der Waals surface area contributed by atoms with Crippen LogP contribution in [0.1, 0.15) is 53.0 Å². The van der Waals surface area contributed by atoms with Crippen molar-refractivity contribution in [1.29, 1.82) is 0 Å². The number of alkyl halides is 1. The number of carboxylic acids is 1. The van der Waals surface area contributed by atoms with E-state index in [0.29, 0.717) is 5.56 Å². The maximum Gasteiger partial charge on any atom is 0.326 e. The maximum absolute atomic E-state index is 13.5. The molecule has 0 heterocycles. The second-order valence-electron chi connectivity index (χ2n) is 10.6. The zero-order valence-corrected chi connectivity index (χ0v) is 25.0. The summed E-state index contributed by atoms with van der Waals surface area (Å²) in [6.45, 7) is 8.37. The lowest BCUT2D eigenvalue weighted by Gasteiger charge is -2.31. The van der Waals surface area contributed by atoms with Crippen LogP contribution in [-0.4, -0.2) is 73.0 Å². The highest BCUT2D eigenvalue weighted by atomic mass is 127. The largest absolute Gasteiger partial charge is 0.480 e. The van der Waals surface area contributed by atoms with Crippen LogP contribution in [0, 0.1) is 22.0 Å². The van der Waals surface area contributed by atoms with E-state index in [-0.39, 0.29) is 35.5 Å². The van der Waals surface area contributed by atoms with E-state index in [1.54, 1.807) is 80.6 Å². The second kappa shape index (κ2) is 15.7. The Morgan fingerprint density at radius 2 is 1.46 bits per heavy atom. The van der Waals surface area contributed by atoms with Crippen molar-refractivity contribution in [2.75, 3.05) is 4.43 Å². The van der Waals surface area contributed by atoms with Gasteiger partial charge < -0.3 is 26.2 Å². The summed E-state index contributed by atoms with van der Waals surface area (Å²) in [7, 11) is 0. The maximum atomic E-state index is 13.5. The van der Waals surface area contributed by atoms with Gasteiger partial charge in [0.25, 0.3) is 11.9 Å². The molecule has 12 nitrogen and oxygen atoms in total. The van der Waals surface area contributed by atoms with Gasteiger partial charge in [-0.1, -0.05) is 80.6 Å². The van der Waals surface area contributed by atoms with Crippen molar-refractivity contribution in [3.05, 3.63) is 46.0 Å². The Kier molecular flexibility index (Phi) is 13.8. The Labute approximate surface area is 242 Å². The van der Waals surface area contributed by atoms with E-state index in [4.69, 9.17) is 0 Å². The number of hydrogen-bond donors (Lipinski definition) is 5. The Balaban J connectivity index is 3.32. The molecule has 0 aliphatic heterocycles. The molecule has 5 N–H and O–H groups in total. The minimum absolute atomic E-state index is 0.0369. The number of amides is 3. The summed E-state index contributed by atoms with van der Waals surface area (Å²) in [5.41, 5.74) is -1.39. The first-order valence-electron chi connectivity index (χ1n) is 12.7. The van der Waals surface area contributed by atoms with Gasteiger partial charge in [0.05, 0.1) is 6.42 Å². The molecule has 0 aromatic heterocycles. The van der Waals surface area contributed by atoms with E-state index in [1.165, 1.54) is 6.92 Å². The second-order valence-corrected chi connectivity index (χ2v) is 11.4. The topological polar surface area (TPSA) is 188 Å². The van der Waals surface area contributed by atoms with Crippen LogP contribution in [0.3, 0.4) is 0 Å². The molecule has 0 fully saturated rings. The highest BCUT2D eigenvalue weighted by Gasteiger charge is 2.51. The van der Waals surface area contributed by atoms with Crippen molar-refractivity contribution in [3.8, 4) is 0 Å². The first kappa shape index (κ1) is 34.2. The van der Waals surface area contributed by atoms with E-state index in [1.807, 2.05) is 0 Å². The van der Waals surface area contributed by atoms with Gasteiger partial charge in [-0.05, 0) is 37.2 Å². The van der Waals surface area contributed by atoms with Crippen LogP contribution < -0.4 is 16.0 Å². The van der Waals surface area contributed by atoms with Crippen molar-refractivity contribution in [1.82, 2.24) is 16.0 Å². The van der Waals surface area contributed by atoms with Gasteiger partial charge in [-0.3, -0.25) is 24.5 Å². The third-order valence-electron chi connectivity index (χ3n) is 5.92. The molecule has 0 bridgehead atoms. The number of rotatable bonds is 16. The van der Waals surface area contributed by atoms with Gasteiger partial charge in [0.15, 0.2) is 6.04 Å². The molecule has 2 unspecified atom stereocenters. The molecule has 0 aliphatic rings. The molecule has 3 amide bonds. The van der Waals surface area contributed by atoms with E-state index in [2.05, 4.69) is 16.0 Å². The quantitative estimate of drug-likeness (QED) is 0.0766. The van der Waals surface area contributed by atoms with Gasteiger partial charge in [0, 0.05) is 9.35 Å². The van der Waals surface area contributed by atoms with Gasteiger partial charge in [0.2, 0.25) is 11.8 Å². The van der Waals surface area contributed by atoms with Crippen LogP contribution in [0.15, 0.2) is 30.3 Å². The van der Waals surface area contributed by atoms with Gasteiger partial charge in [-0.2, -0.15) is 0 Å². The summed E-state index contributed by atoms with van der Waals surface area (Å²) in [6, 6.07) is 2.35. The standard InChI is InChI=1S/C26H39IN4O8/c1-15(2)11-18(23(33)29-19(25(35)36)12-16(3)4)28-24(34)21(22(31(38)39)26(5,37)14-27)30-20(32)13-17-9-7-6-8-10-17/h6-10,15-16,18-19,21-22,37H,11-14H2,1-5H3,(H,28,34)(H,29,33)(H,30,32)(H,35,36)/t18-,19-,21-,22?,26?/m0/s1. The minimum atomic E-state index is -1.99. The lowest BCUT2D eigenvalue weighted by atomic mass is 9.91. The number of aliphatic hydroxyl groups is 1. The number of halogens is 1. The summed E-state index contributed by atoms with van der Waals surface area (Å²) < 4.78 is -0.125. The molecule has 1 aromatic rings. The van der Waals surface area contributed by atoms with Crippen molar-refractivity contribution in [2.24, 2.45) is 11.8 Å². The average molecular weight is 663 g/mol. The van der Waals surface area contributed by atoms with Gasteiger partial charge in [-0.15, -0.1) is 0 Å². The van der Waals surface area contributed by atoms with Crippen LogP contribution in [0.25, 0.3) is 0 Å². The van der Waals surface area contributed by atoms with Crippen LogP contribution in [0.5, 0.6) is 0 Å². The smallest absolute Gasteiger partial charge is 0.326 e. The molecular formula is C26H39IN4O8. The zero-order valence-electron chi connectivity index (χ0n) is 22.8. The summed E-state index contributed by atoms with van der Waals surface area (Å²) in [5.74, 6) is -3.89. The van der Waals surface area contributed by atoms with E-state index in [9.17, 15) is 39.5 Å². The Hall–Kier alpha value is -2.81. The fraction of sp³-hybridized carbons (Fsp3) is 0.615. The highest BCUT2D eigenvalue weighted by Crippen LogP contribution is 2.21. The Bertz CT molecular complexity index is 1000. The molecule has 13 heteroatoms. The van der Waals surface area contributed by atoms with Gasteiger partial charge in [-0.25, -0.2) is 4.79 Å². The van der Waals surface area contributed by atoms with Crippen molar-refractivity contribution in [2.45, 2.75) is 83.6 Å². The first-order valence-corrected chi connectivity index (χ1v) is 14.2. The molecule has 39 heavy (non-hydrogen) atoms. The normalized spacial score (nSPS) is 15.9. The number of carbonyl (C=O) groups excluding carboxylic acids is 3. The number of nitro groups is 1. The number of carbonyl (C=O) groups is 4. The Morgan fingerprint density at radius 3 is 1.92 bits per heavy atom. The Morgan fingerprint density at radius 1 is 0.949 bits per heavy atom. The van der Waals surface area contributed by atoms with Crippen LogP contribution in [-0.2, 0) is 25.6 Å². The van der Waals surface area contributed by atoms with Crippen LogP contribution in [0.4, 0.5) is 0 Å². The molecule has 5 atom stereocenters. The van der Waals surface area contributed by atoms with Crippen LogP contribution >= 0.6 is 22.6 Å². The van der Waals surface area contributed by atoms with Crippen molar-refractivity contribution < 1.29 is 34.3 Å². The van der Waals surface area contributed by atoms with Gasteiger partial charge >= 0.3 is 5.97 Å². The summed E-state index contributed by atoms with van der Waals surface area (Å²) in [4.78, 5) is 62.4. The van der Waals surface area contributed by atoms with E-state index in [0.717, 1.165) is 0 Å². The number of carboxylic acid groups (broad SMARTS) is 1. The summed E-state index contributed by atoms with van der Waals surface area (Å²) in [5, 5.41) is 39.7. The predicted octanol–water partition coefficient (Wildman–Crippen LogP) is 1.69. The number of benzene rings is 1. The number of nitrogens with zero attached hydrogens (tertiary/aromatic N) is 1.